The summed E-state index contributed by atoms with van der Waals surface area (Å²) in [6, 6.07) is 1.53. The molecule has 1 N–H and O–H groups in total. The Hall–Kier alpha value is -1.25. The summed E-state index contributed by atoms with van der Waals surface area (Å²) in [5, 5.41) is 9.79. The van der Waals surface area contributed by atoms with Crippen molar-refractivity contribution in [1.82, 2.24) is 0 Å². The Kier molecular flexibility index (Phi) is 10.5. The highest BCUT2D eigenvalue weighted by Crippen LogP contribution is 2.18. The molecule has 23 heavy (non-hydrogen) atoms. The molecule has 0 spiro atoms. The topological polar surface area (TPSA) is 50.4 Å². The zero-order valence-electron chi connectivity index (χ0n) is 15.0. The molecule has 1 heterocycles. The summed E-state index contributed by atoms with van der Waals surface area (Å²) >= 11 is 0. The van der Waals surface area contributed by atoms with E-state index in [1.165, 1.54) is 70.3 Å². The maximum Gasteiger partial charge on any atom is 0.342 e. The van der Waals surface area contributed by atoms with Gasteiger partial charge in [0, 0.05) is 6.07 Å². The second-order valence-electron chi connectivity index (χ2n) is 6.65. The Labute approximate surface area is 141 Å². The quantitative estimate of drug-likeness (QED) is 0.460. The second-order valence-corrected chi connectivity index (χ2v) is 6.65. The SMILES string of the molecule is CCCCCCCCCCCCCCc1c(O)cc(C)oc1=O. The number of rotatable bonds is 13. The highest BCUT2D eigenvalue weighted by molar-refractivity contribution is 5.29. The van der Waals surface area contributed by atoms with Crippen LogP contribution in [0.3, 0.4) is 0 Å². The maximum absolute atomic E-state index is 11.7. The van der Waals surface area contributed by atoms with Crippen LogP contribution in [0, 0.1) is 6.92 Å². The molecule has 0 saturated carbocycles. The highest BCUT2D eigenvalue weighted by atomic mass is 16.4. The lowest BCUT2D eigenvalue weighted by molar-refractivity contribution is 0.420. The van der Waals surface area contributed by atoms with Crippen LogP contribution in [0.4, 0.5) is 0 Å². The molecule has 0 amide bonds. The first kappa shape index (κ1) is 19.8. The van der Waals surface area contributed by atoms with E-state index >= 15 is 0 Å². The Bertz CT molecular complexity index is 476. The summed E-state index contributed by atoms with van der Waals surface area (Å²) in [4.78, 5) is 11.7. The van der Waals surface area contributed by atoms with Gasteiger partial charge in [0.1, 0.15) is 11.5 Å². The molecule has 0 aliphatic rings. The predicted molar refractivity (Wildman–Crippen MR) is 96.2 cm³/mol. The van der Waals surface area contributed by atoms with Gasteiger partial charge in [0.05, 0.1) is 5.56 Å². The largest absolute Gasteiger partial charge is 0.507 e. The van der Waals surface area contributed by atoms with Gasteiger partial charge in [-0.3, -0.25) is 0 Å². The zero-order valence-corrected chi connectivity index (χ0v) is 15.0. The van der Waals surface area contributed by atoms with Crippen LogP contribution in [0.25, 0.3) is 0 Å². The molecule has 0 radical (unpaired) electrons. The van der Waals surface area contributed by atoms with E-state index in [1.807, 2.05) is 0 Å². The Balaban J connectivity index is 1.99. The van der Waals surface area contributed by atoms with E-state index in [1.54, 1.807) is 6.92 Å². The monoisotopic (exact) mass is 322 g/mol. The van der Waals surface area contributed by atoms with Gasteiger partial charge in [-0.2, -0.15) is 0 Å². The van der Waals surface area contributed by atoms with Crippen LogP contribution in [0.5, 0.6) is 5.75 Å². The first-order valence-electron chi connectivity index (χ1n) is 9.47. The molecule has 132 valence electrons. The van der Waals surface area contributed by atoms with Gasteiger partial charge in [0.25, 0.3) is 0 Å². The third-order valence-corrected chi connectivity index (χ3v) is 4.43. The number of hydrogen-bond acceptors (Lipinski definition) is 3. The minimum atomic E-state index is -0.384. The normalized spacial score (nSPS) is 11.0. The predicted octanol–water partition coefficient (Wildman–Crippen LogP) is 5.90. The van der Waals surface area contributed by atoms with Crippen molar-refractivity contribution in [1.29, 1.82) is 0 Å². The minimum absolute atomic E-state index is 0.0850. The minimum Gasteiger partial charge on any atom is -0.507 e. The van der Waals surface area contributed by atoms with Gasteiger partial charge in [-0.15, -0.1) is 0 Å². The standard InChI is InChI=1S/C20H34O3/c1-3-4-5-6-7-8-9-10-11-12-13-14-15-18-19(21)16-17(2)23-20(18)22/h16,21H,3-15H2,1-2H3. The Morgan fingerprint density at radius 1 is 0.870 bits per heavy atom. The lowest BCUT2D eigenvalue weighted by Crippen LogP contribution is -2.08. The zero-order chi connectivity index (χ0) is 16.9. The van der Waals surface area contributed by atoms with Crippen LogP contribution in [0.15, 0.2) is 15.3 Å². The number of aromatic hydroxyl groups is 1. The van der Waals surface area contributed by atoms with Gasteiger partial charge < -0.3 is 9.52 Å². The van der Waals surface area contributed by atoms with E-state index in [0.29, 0.717) is 17.7 Å². The molecule has 1 aromatic heterocycles. The molecule has 0 fully saturated rings. The fraction of sp³-hybridized carbons (Fsp3) is 0.750. The van der Waals surface area contributed by atoms with E-state index in [-0.39, 0.29) is 11.4 Å². The van der Waals surface area contributed by atoms with E-state index in [0.717, 1.165) is 12.8 Å². The van der Waals surface area contributed by atoms with Gasteiger partial charge in [-0.05, 0) is 19.8 Å². The van der Waals surface area contributed by atoms with Crippen LogP contribution in [0.2, 0.25) is 0 Å². The Morgan fingerprint density at radius 3 is 1.83 bits per heavy atom. The summed E-state index contributed by atoms with van der Waals surface area (Å²) in [5.74, 6) is 0.549. The second kappa shape index (κ2) is 12.2. The van der Waals surface area contributed by atoms with Crippen molar-refractivity contribution in [2.24, 2.45) is 0 Å². The van der Waals surface area contributed by atoms with E-state index in [4.69, 9.17) is 4.42 Å². The summed E-state index contributed by atoms with van der Waals surface area (Å²) in [5.41, 5.74) is 0.0493. The molecule has 3 nitrogen and oxygen atoms in total. The maximum atomic E-state index is 11.7. The van der Waals surface area contributed by atoms with Crippen LogP contribution in [-0.2, 0) is 6.42 Å². The first-order valence-corrected chi connectivity index (χ1v) is 9.47. The molecule has 0 saturated heterocycles. The average Bonchev–Trinajstić information content (AvgIpc) is 2.50. The summed E-state index contributed by atoms with van der Waals surface area (Å²) in [6.07, 6.45) is 16.1. The van der Waals surface area contributed by atoms with Crippen molar-refractivity contribution in [3.8, 4) is 5.75 Å². The number of hydrogen-bond donors (Lipinski definition) is 1. The molecule has 3 heteroatoms. The highest BCUT2D eigenvalue weighted by Gasteiger charge is 2.08. The fourth-order valence-corrected chi connectivity index (χ4v) is 2.99. The molecular weight excluding hydrogens is 288 g/mol. The molecule has 0 aromatic carbocycles. The van der Waals surface area contributed by atoms with E-state index in [9.17, 15) is 9.90 Å². The van der Waals surface area contributed by atoms with Crippen molar-refractivity contribution < 1.29 is 9.52 Å². The molecule has 0 atom stereocenters. The van der Waals surface area contributed by atoms with Crippen LogP contribution in [0.1, 0.15) is 95.3 Å². The van der Waals surface area contributed by atoms with Gasteiger partial charge in [-0.25, -0.2) is 4.79 Å². The first-order chi connectivity index (χ1) is 11.1. The molecule has 0 bridgehead atoms. The lowest BCUT2D eigenvalue weighted by atomic mass is 10.0. The molecule has 0 aliphatic heterocycles. The van der Waals surface area contributed by atoms with Gasteiger partial charge >= 0.3 is 5.63 Å². The summed E-state index contributed by atoms with van der Waals surface area (Å²) in [6.45, 7) is 3.93. The molecule has 1 rings (SSSR count). The molecule has 0 unspecified atom stereocenters. The van der Waals surface area contributed by atoms with Crippen LogP contribution < -0.4 is 5.63 Å². The smallest absolute Gasteiger partial charge is 0.342 e. The van der Waals surface area contributed by atoms with Crippen molar-refractivity contribution >= 4 is 0 Å². The van der Waals surface area contributed by atoms with Gasteiger partial charge in [0.2, 0.25) is 0 Å². The van der Waals surface area contributed by atoms with Gasteiger partial charge in [-0.1, -0.05) is 77.6 Å². The third-order valence-electron chi connectivity index (χ3n) is 4.43. The Morgan fingerprint density at radius 2 is 1.35 bits per heavy atom. The number of aryl methyl sites for hydroxylation is 1. The van der Waals surface area contributed by atoms with Crippen molar-refractivity contribution in [3.05, 3.63) is 27.8 Å². The van der Waals surface area contributed by atoms with Crippen LogP contribution in [-0.4, -0.2) is 5.11 Å². The van der Waals surface area contributed by atoms with E-state index < -0.39 is 0 Å². The van der Waals surface area contributed by atoms with E-state index in [2.05, 4.69) is 6.92 Å². The lowest BCUT2D eigenvalue weighted by Gasteiger charge is -2.04. The molecule has 0 aliphatic carbocycles. The van der Waals surface area contributed by atoms with Crippen LogP contribution >= 0.6 is 0 Å². The van der Waals surface area contributed by atoms with Crippen molar-refractivity contribution in [2.75, 3.05) is 0 Å². The van der Waals surface area contributed by atoms with Crippen molar-refractivity contribution in [3.63, 3.8) is 0 Å². The van der Waals surface area contributed by atoms with Gasteiger partial charge in [0.15, 0.2) is 0 Å². The number of unbranched alkanes of at least 4 members (excludes halogenated alkanes) is 11. The summed E-state index contributed by atoms with van der Waals surface area (Å²) < 4.78 is 5.03. The average molecular weight is 322 g/mol. The molecule has 1 aromatic rings. The van der Waals surface area contributed by atoms with Crippen molar-refractivity contribution in [2.45, 2.75) is 97.3 Å². The third kappa shape index (κ3) is 8.83. The molecular formula is C20H34O3. The summed E-state index contributed by atoms with van der Waals surface area (Å²) in [7, 11) is 0. The fourth-order valence-electron chi connectivity index (χ4n) is 2.99.